The molecule has 0 atom stereocenters. The molecule has 1 aromatic heterocycles. The van der Waals surface area contributed by atoms with Gasteiger partial charge in [-0.05, 0) is 53.5 Å². The predicted molar refractivity (Wildman–Crippen MR) is 80.2 cm³/mol. The van der Waals surface area contributed by atoms with E-state index in [1.54, 1.807) is 6.07 Å². The number of hydrogen-bond donors (Lipinski definition) is 2. The number of nitrogens with two attached hydrogens (primary N) is 1. The SMILES string of the molecule is Cc1ccc(Br)c(C(=O)Nc2cc(C)c(N)cn2)c1. The summed E-state index contributed by atoms with van der Waals surface area (Å²) in [6, 6.07) is 7.36. The monoisotopic (exact) mass is 319 g/mol. The van der Waals surface area contributed by atoms with Crippen LogP contribution in [0.5, 0.6) is 0 Å². The lowest BCUT2D eigenvalue weighted by Crippen LogP contribution is -2.14. The van der Waals surface area contributed by atoms with Crippen molar-refractivity contribution in [3.05, 3.63) is 51.6 Å². The minimum atomic E-state index is -0.202. The van der Waals surface area contributed by atoms with Crippen molar-refractivity contribution in [2.45, 2.75) is 13.8 Å². The average molecular weight is 320 g/mol. The summed E-state index contributed by atoms with van der Waals surface area (Å²) in [5.41, 5.74) is 8.78. The Morgan fingerprint density at radius 2 is 2.05 bits per heavy atom. The van der Waals surface area contributed by atoms with Crippen molar-refractivity contribution in [1.29, 1.82) is 0 Å². The second-order valence-electron chi connectivity index (χ2n) is 4.36. The van der Waals surface area contributed by atoms with Gasteiger partial charge >= 0.3 is 0 Å². The fourth-order valence-electron chi connectivity index (χ4n) is 1.63. The van der Waals surface area contributed by atoms with Gasteiger partial charge in [0.1, 0.15) is 5.82 Å². The molecule has 5 heteroatoms. The number of rotatable bonds is 2. The molecule has 2 rings (SSSR count). The highest BCUT2D eigenvalue weighted by Crippen LogP contribution is 2.20. The van der Waals surface area contributed by atoms with Gasteiger partial charge in [0, 0.05) is 4.47 Å². The zero-order valence-corrected chi connectivity index (χ0v) is 12.3. The molecule has 0 fully saturated rings. The minimum Gasteiger partial charge on any atom is -0.397 e. The van der Waals surface area contributed by atoms with E-state index in [1.807, 2.05) is 32.0 Å². The van der Waals surface area contributed by atoms with Crippen LogP contribution in [0, 0.1) is 13.8 Å². The summed E-state index contributed by atoms with van der Waals surface area (Å²) in [4.78, 5) is 16.3. The lowest BCUT2D eigenvalue weighted by atomic mass is 10.1. The second-order valence-corrected chi connectivity index (χ2v) is 5.22. The Labute approximate surface area is 120 Å². The number of aromatic nitrogens is 1. The van der Waals surface area contributed by atoms with Gasteiger partial charge in [-0.2, -0.15) is 0 Å². The van der Waals surface area contributed by atoms with Gasteiger partial charge in [-0.3, -0.25) is 4.79 Å². The van der Waals surface area contributed by atoms with Crippen LogP contribution in [0.2, 0.25) is 0 Å². The number of pyridine rings is 1. The number of hydrogen-bond acceptors (Lipinski definition) is 3. The molecule has 0 spiro atoms. The number of carbonyl (C=O) groups is 1. The summed E-state index contributed by atoms with van der Waals surface area (Å²) < 4.78 is 0.753. The quantitative estimate of drug-likeness (QED) is 0.892. The molecule has 3 N–H and O–H groups in total. The van der Waals surface area contributed by atoms with Crippen LogP contribution in [0.25, 0.3) is 0 Å². The van der Waals surface area contributed by atoms with Gasteiger partial charge in [-0.25, -0.2) is 4.98 Å². The van der Waals surface area contributed by atoms with Gasteiger partial charge in [0.05, 0.1) is 17.4 Å². The highest BCUT2D eigenvalue weighted by atomic mass is 79.9. The molecule has 1 aromatic carbocycles. The first-order valence-corrected chi connectivity index (χ1v) is 6.56. The summed E-state index contributed by atoms with van der Waals surface area (Å²) in [6.45, 7) is 3.81. The van der Waals surface area contributed by atoms with Crippen molar-refractivity contribution in [3.63, 3.8) is 0 Å². The summed E-state index contributed by atoms with van der Waals surface area (Å²) in [7, 11) is 0. The van der Waals surface area contributed by atoms with E-state index in [2.05, 4.69) is 26.2 Å². The summed E-state index contributed by atoms with van der Waals surface area (Å²) in [5, 5.41) is 2.76. The second kappa shape index (κ2) is 5.40. The molecule has 4 nitrogen and oxygen atoms in total. The van der Waals surface area contributed by atoms with Crippen LogP contribution in [0.15, 0.2) is 34.9 Å². The molecular formula is C14H14BrN3O. The highest BCUT2D eigenvalue weighted by Gasteiger charge is 2.11. The summed E-state index contributed by atoms with van der Waals surface area (Å²) in [6.07, 6.45) is 1.54. The van der Waals surface area contributed by atoms with Crippen LogP contribution in [0.4, 0.5) is 11.5 Å². The largest absolute Gasteiger partial charge is 0.397 e. The van der Waals surface area contributed by atoms with Crippen molar-refractivity contribution in [3.8, 4) is 0 Å². The number of anilines is 2. The third kappa shape index (κ3) is 3.12. The molecular weight excluding hydrogens is 306 g/mol. The topological polar surface area (TPSA) is 68.0 Å². The predicted octanol–water partition coefficient (Wildman–Crippen LogP) is 3.30. The number of nitrogen functional groups attached to an aromatic ring is 1. The van der Waals surface area contributed by atoms with Gasteiger partial charge in [-0.1, -0.05) is 11.6 Å². The number of benzene rings is 1. The van der Waals surface area contributed by atoms with E-state index in [1.165, 1.54) is 6.20 Å². The van der Waals surface area contributed by atoms with E-state index in [0.717, 1.165) is 15.6 Å². The Bertz CT molecular complexity index is 641. The van der Waals surface area contributed by atoms with Crippen LogP contribution in [-0.4, -0.2) is 10.9 Å². The lowest BCUT2D eigenvalue weighted by molar-refractivity contribution is 0.102. The lowest BCUT2D eigenvalue weighted by Gasteiger charge is -2.08. The molecule has 0 unspecified atom stereocenters. The van der Waals surface area contributed by atoms with E-state index >= 15 is 0 Å². The summed E-state index contributed by atoms with van der Waals surface area (Å²) >= 11 is 3.37. The number of carbonyl (C=O) groups excluding carboxylic acids is 1. The normalized spacial score (nSPS) is 10.3. The Kier molecular flexibility index (Phi) is 3.85. The molecule has 98 valence electrons. The number of halogens is 1. The van der Waals surface area contributed by atoms with E-state index in [-0.39, 0.29) is 5.91 Å². The van der Waals surface area contributed by atoms with Gasteiger partial charge in [-0.15, -0.1) is 0 Å². The zero-order chi connectivity index (χ0) is 14.0. The van der Waals surface area contributed by atoms with Crippen molar-refractivity contribution in [2.75, 3.05) is 11.1 Å². The van der Waals surface area contributed by atoms with Crippen molar-refractivity contribution < 1.29 is 4.79 Å². The third-order valence-electron chi connectivity index (χ3n) is 2.76. The van der Waals surface area contributed by atoms with Crippen LogP contribution in [0.1, 0.15) is 21.5 Å². The third-order valence-corrected chi connectivity index (χ3v) is 3.45. The first-order chi connectivity index (χ1) is 8.97. The first kappa shape index (κ1) is 13.5. The fraction of sp³-hybridized carbons (Fsp3) is 0.143. The molecule has 0 bridgehead atoms. The Balaban J connectivity index is 2.25. The molecule has 0 aliphatic heterocycles. The van der Waals surface area contributed by atoms with Crippen molar-refractivity contribution in [1.82, 2.24) is 4.98 Å². The minimum absolute atomic E-state index is 0.202. The number of amides is 1. The molecule has 1 amide bonds. The maximum Gasteiger partial charge on any atom is 0.257 e. The molecule has 0 saturated carbocycles. The van der Waals surface area contributed by atoms with E-state index in [9.17, 15) is 4.79 Å². The zero-order valence-electron chi connectivity index (χ0n) is 10.7. The van der Waals surface area contributed by atoms with Crippen LogP contribution < -0.4 is 11.1 Å². The van der Waals surface area contributed by atoms with Gasteiger partial charge < -0.3 is 11.1 Å². The standard InChI is InChI=1S/C14H14BrN3O/c1-8-3-4-11(15)10(5-8)14(19)18-13-6-9(2)12(16)7-17-13/h3-7H,16H2,1-2H3,(H,17,18,19). The van der Waals surface area contributed by atoms with E-state index in [0.29, 0.717) is 17.1 Å². The van der Waals surface area contributed by atoms with Crippen LogP contribution in [-0.2, 0) is 0 Å². The Morgan fingerprint density at radius 3 is 2.74 bits per heavy atom. The number of nitrogens with zero attached hydrogens (tertiary/aromatic N) is 1. The molecule has 1 heterocycles. The molecule has 19 heavy (non-hydrogen) atoms. The maximum atomic E-state index is 12.2. The van der Waals surface area contributed by atoms with Crippen molar-refractivity contribution in [2.24, 2.45) is 0 Å². The van der Waals surface area contributed by atoms with Gasteiger partial charge in [0.15, 0.2) is 0 Å². The highest BCUT2D eigenvalue weighted by molar-refractivity contribution is 9.10. The van der Waals surface area contributed by atoms with Crippen molar-refractivity contribution >= 4 is 33.3 Å². The van der Waals surface area contributed by atoms with E-state index < -0.39 is 0 Å². The van der Waals surface area contributed by atoms with Crippen LogP contribution in [0.3, 0.4) is 0 Å². The Morgan fingerprint density at radius 1 is 1.32 bits per heavy atom. The smallest absolute Gasteiger partial charge is 0.257 e. The summed E-state index contributed by atoms with van der Waals surface area (Å²) in [5.74, 6) is 0.289. The van der Waals surface area contributed by atoms with Gasteiger partial charge in [0.25, 0.3) is 5.91 Å². The molecule has 0 radical (unpaired) electrons. The molecule has 0 aliphatic carbocycles. The molecule has 0 aliphatic rings. The maximum absolute atomic E-state index is 12.2. The fourth-order valence-corrected chi connectivity index (χ4v) is 2.06. The van der Waals surface area contributed by atoms with E-state index in [4.69, 9.17) is 5.73 Å². The van der Waals surface area contributed by atoms with Crippen LogP contribution >= 0.6 is 15.9 Å². The number of nitrogens with one attached hydrogen (secondary N) is 1. The number of aryl methyl sites for hydroxylation is 2. The Hall–Kier alpha value is -1.88. The molecule has 2 aromatic rings. The molecule has 0 saturated heterocycles. The average Bonchev–Trinajstić information content (AvgIpc) is 2.36. The van der Waals surface area contributed by atoms with Gasteiger partial charge in [0.2, 0.25) is 0 Å². The first-order valence-electron chi connectivity index (χ1n) is 5.77.